The topological polar surface area (TPSA) is 117 Å². The van der Waals surface area contributed by atoms with E-state index in [4.69, 9.17) is 4.74 Å². The number of thioether (sulfide) groups is 1. The van der Waals surface area contributed by atoms with Crippen LogP contribution in [0.5, 0.6) is 0 Å². The number of amides is 3. The van der Waals surface area contributed by atoms with Crippen LogP contribution >= 0.6 is 11.8 Å². The lowest BCUT2D eigenvalue weighted by molar-refractivity contribution is -0.129. The van der Waals surface area contributed by atoms with Crippen LogP contribution in [-0.4, -0.2) is 79.2 Å². The number of alkyl carbamates (subject to hydrolysis) is 1. The molecule has 2 N–H and O–H groups in total. The highest BCUT2D eigenvalue weighted by Gasteiger charge is 2.41. The molecule has 0 aromatic heterocycles. The molecule has 2 atom stereocenters. The van der Waals surface area contributed by atoms with Gasteiger partial charge in [-0.25, -0.2) is 14.6 Å². The highest BCUT2D eigenvalue weighted by molar-refractivity contribution is 7.99. The highest BCUT2D eigenvalue weighted by Crippen LogP contribution is 2.46. The molecule has 0 aromatic carbocycles. The number of hydrogen-bond donors (Lipinski definition) is 2. The van der Waals surface area contributed by atoms with Gasteiger partial charge in [0.15, 0.2) is 0 Å². The number of aliphatic imine (C=N–C) groups is 1. The molecule has 34 heavy (non-hydrogen) atoms. The third-order valence-corrected chi connectivity index (χ3v) is 6.85. The van der Waals surface area contributed by atoms with E-state index in [1.54, 1.807) is 22.7 Å². The van der Waals surface area contributed by atoms with Crippen molar-refractivity contribution in [3.63, 3.8) is 0 Å². The molecule has 1 saturated carbocycles. The predicted octanol–water partition coefficient (Wildman–Crippen LogP) is 2.91. The van der Waals surface area contributed by atoms with E-state index in [-0.39, 0.29) is 35.3 Å². The minimum Gasteiger partial charge on any atom is -0.448 e. The van der Waals surface area contributed by atoms with Crippen LogP contribution in [0.4, 0.5) is 4.79 Å². The molecule has 1 fully saturated rings. The highest BCUT2D eigenvalue weighted by atomic mass is 32.2. The zero-order valence-corrected chi connectivity index (χ0v) is 21.8. The van der Waals surface area contributed by atoms with Crippen molar-refractivity contribution in [2.45, 2.75) is 59.4 Å². The predicted molar refractivity (Wildman–Crippen MR) is 134 cm³/mol. The molecule has 0 saturated heterocycles. The van der Waals surface area contributed by atoms with Gasteiger partial charge in [0.2, 0.25) is 17.9 Å². The zero-order chi connectivity index (χ0) is 25.6. The Morgan fingerprint density at radius 2 is 1.97 bits per heavy atom. The quantitative estimate of drug-likeness (QED) is 0.165. The molecular weight excluding hydrogens is 456 g/mol. The second-order valence-corrected chi connectivity index (χ2v) is 11.1. The first-order valence-electron chi connectivity index (χ1n) is 11.7. The molecule has 192 valence electrons. The molecule has 0 heterocycles. The van der Waals surface area contributed by atoms with Gasteiger partial charge in [-0.3, -0.25) is 9.59 Å². The van der Waals surface area contributed by atoms with Crippen molar-refractivity contribution in [1.82, 2.24) is 15.5 Å². The maximum atomic E-state index is 12.4. The summed E-state index contributed by atoms with van der Waals surface area (Å²) in [5.41, 5.74) is -0.179. The van der Waals surface area contributed by atoms with E-state index >= 15 is 0 Å². The van der Waals surface area contributed by atoms with E-state index < -0.39 is 6.09 Å². The largest absolute Gasteiger partial charge is 0.448 e. The van der Waals surface area contributed by atoms with Gasteiger partial charge >= 0.3 is 6.09 Å². The summed E-state index contributed by atoms with van der Waals surface area (Å²) in [6.45, 7) is 13.3. The van der Waals surface area contributed by atoms with Gasteiger partial charge in [0, 0.05) is 31.8 Å². The Bertz CT molecular complexity index is 754. The average molecular weight is 497 g/mol. The van der Waals surface area contributed by atoms with Gasteiger partial charge in [0.05, 0.1) is 13.1 Å². The van der Waals surface area contributed by atoms with Crippen molar-refractivity contribution in [3.8, 4) is 0 Å². The van der Waals surface area contributed by atoms with Gasteiger partial charge in [0.25, 0.3) is 0 Å². The Balaban J connectivity index is 2.35. The Morgan fingerprint density at radius 1 is 1.24 bits per heavy atom. The second kappa shape index (κ2) is 14.8. The summed E-state index contributed by atoms with van der Waals surface area (Å²) in [6.07, 6.45) is 5.62. The number of nitrogens with zero attached hydrogens (tertiary/aromatic N) is 2. The van der Waals surface area contributed by atoms with Crippen molar-refractivity contribution in [1.29, 1.82) is 0 Å². The third-order valence-electron chi connectivity index (χ3n) is 5.78. The van der Waals surface area contributed by atoms with Crippen molar-refractivity contribution < 1.29 is 23.9 Å². The first kappa shape index (κ1) is 29.7. The van der Waals surface area contributed by atoms with Gasteiger partial charge in [-0.2, -0.15) is 11.8 Å². The van der Waals surface area contributed by atoms with Crippen LogP contribution in [0.1, 0.15) is 53.4 Å². The SMILES string of the molecule is C=CC(=O)NCCSCCCN(CCOC(=O)NC1CC(C)(C)CC(C)(CN=C=O)C1)C(C)=O. The Kier molecular flexibility index (Phi) is 13.0. The van der Waals surface area contributed by atoms with Gasteiger partial charge < -0.3 is 20.3 Å². The van der Waals surface area contributed by atoms with Crippen LogP contribution in [0.15, 0.2) is 17.6 Å². The number of nitrogens with one attached hydrogen (secondary N) is 2. The lowest BCUT2D eigenvalue weighted by Crippen LogP contribution is -2.48. The molecule has 0 radical (unpaired) electrons. The van der Waals surface area contributed by atoms with Crippen molar-refractivity contribution in [2.24, 2.45) is 15.8 Å². The number of ether oxygens (including phenoxy) is 1. The lowest BCUT2D eigenvalue weighted by Gasteiger charge is -2.45. The minimum atomic E-state index is -0.496. The van der Waals surface area contributed by atoms with Crippen LogP contribution in [0.3, 0.4) is 0 Å². The standard InChI is InChI=1S/C24H40N4O5S/c1-6-21(31)26-8-13-34-12-7-9-28(19(2)30)10-11-33-22(32)27-20-14-23(3,4)16-24(5,15-20)17-25-18-29/h6,20H,1,7-17H2,2-5H3,(H,26,31)(H,27,32). The van der Waals surface area contributed by atoms with Crippen LogP contribution in [0, 0.1) is 10.8 Å². The van der Waals surface area contributed by atoms with Crippen molar-refractivity contribution >= 4 is 35.7 Å². The first-order valence-corrected chi connectivity index (χ1v) is 12.9. The number of carbonyl (C=O) groups is 3. The smallest absolute Gasteiger partial charge is 0.407 e. The average Bonchev–Trinajstić information content (AvgIpc) is 2.73. The zero-order valence-electron chi connectivity index (χ0n) is 21.0. The summed E-state index contributed by atoms with van der Waals surface area (Å²) in [5, 5.41) is 5.67. The number of isocyanates is 1. The lowest BCUT2D eigenvalue weighted by atomic mass is 9.62. The van der Waals surface area contributed by atoms with E-state index in [0.717, 1.165) is 30.8 Å². The number of carbonyl (C=O) groups excluding carboxylic acids is 4. The summed E-state index contributed by atoms with van der Waals surface area (Å²) < 4.78 is 5.35. The molecule has 9 nitrogen and oxygen atoms in total. The summed E-state index contributed by atoms with van der Waals surface area (Å²) in [6, 6.07) is -0.0692. The molecule has 0 aromatic rings. The molecule has 0 spiro atoms. The third kappa shape index (κ3) is 12.2. The molecule has 1 rings (SSSR count). The van der Waals surface area contributed by atoms with E-state index in [1.165, 1.54) is 13.0 Å². The summed E-state index contributed by atoms with van der Waals surface area (Å²) in [5.74, 6) is 1.41. The molecule has 3 amide bonds. The summed E-state index contributed by atoms with van der Waals surface area (Å²) in [4.78, 5) is 51.4. The molecule has 1 aliphatic carbocycles. The molecular formula is C24H40N4O5S. The fourth-order valence-corrected chi connectivity index (χ4v) is 5.52. The van der Waals surface area contributed by atoms with Crippen LogP contribution < -0.4 is 10.6 Å². The Morgan fingerprint density at radius 3 is 2.62 bits per heavy atom. The van der Waals surface area contributed by atoms with Gasteiger partial charge in [-0.15, -0.1) is 0 Å². The fourth-order valence-electron chi connectivity index (χ4n) is 4.74. The monoisotopic (exact) mass is 496 g/mol. The fraction of sp³-hybridized carbons (Fsp3) is 0.750. The number of rotatable bonds is 14. The van der Waals surface area contributed by atoms with E-state index in [0.29, 0.717) is 32.6 Å². The van der Waals surface area contributed by atoms with Crippen LogP contribution in [0.25, 0.3) is 0 Å². The van der Waals surface area contributed by atoms with Crippen LogP contribution in [0.2, 0.25) is 0 Å². The second-order valence-electron chi connectivity index (χ2n) is 9.91. The maximum Gasteiger partial charge on any atom is 0.407 e. The minimum absolute atomic E-state index is 0.00401. The van der Waals surface area contributed by atoms with E-state index in [1.807, 2.05) is 0 Å². The van der Waals surface area contributed by atoms with Gasteiger partial charge in [-0.1, -0.05) is 27.4 Å². The van der Waals surface area contributed by atoms with Gasteiger partial charge in [0.1, 0.15) is 6.61 Å². The summed E-state index contributed by atoms with van der Waals surface area (Å²) >= 11 is 1.70. The molecule has 2 unspecified atom stereocenters. The van der Waals surface area contributed by atoms with Crippen molar-refractivity contribution in [3.05, 3.63) is 12.7 Å². The van der Waals surface area contributed by atoms with Crippen molar-refractivity contribution in [2.75, 3.05) is 44.3 Å². The Labute approximate surface area is 207 Å². The summed E-state index contributed by atoms with van der Waals surface area (Å²) in [7, 11) is 0. The molecule has 0 aliphatic heterocycles. The molecule has 10 heteroatoms. The maximum absolute atomic E-state index is 12.4. The van der Waals surface area contributed by atoms with Crippen LogP contribution in [-0.2, 0) is 19.1 Å². The Hall–Kier alpha value is -2.32. The van der Waals surface area contributed by atoms with E-state index in [9.17, 15) is 19.2 Å². The van der Waals surface area contributed by atoms with Gasteiger partial charge in [-0.05, 0) is 48.3 Å². The number of hydrogen-bond acceptors (Lipinski definition) is 7. The first-order chi connectivity index (χ1) is 16.0. The molecule has 0 bridgehead atoms. The normalized spacial score (nSPS) is 21.0. The van der Waals surface area contributed by atoms with E-state index in [2.05, 4.69) is 43.0 Å². The molecule has 1 aliphatic rings.